The van der Waals surface area contributed by atoms with Crippen LogP contribution in [0.3, 0.4) is 0 Å². The number of ether oxygens (including phenoxy) is 1. The Kier molecular flexibility index (Phi) is 6.08. The van der Waals surface area contributed by atoms with Crippen molar-refractivity contribution in [2.45, 2.75) is 6.61 Å². The molecule has 1 amide bonds. The topological polar surface area (TPSA) is 57.7 Å². The minimum atomic E-state index is -0.657. The van der Waals surface area contributed by atoms with Gasteiger partial charge in [-0.05, 0) is 37.4 Å². The zero-order chi connectivity index (χ0) is 21.3. The Morgan fingerprint density at radius 2 is 2.03 bits per heavy atom. The van der Waals surface area contributed by atoms with Gasteiger partial charge >= 0.3 is 0 Å². The summed E-state index contributed by atoms with van der Waals surface area (Å²) < 4.78 is 22.0. The third kappa shape index (κ3) is 4.21. The number of piperazine rings is 1. The van der Waals surface area contributed by atoms with Crippen molar-refractivity contribution in [2.24, 2.45) is 0 Å². The molecule has 9 heteroatoms. The number of nitrogens with one attached hydrogen (secondary N) is 1. The third-order valence-corrected chi connectivity index (χ3v) is 6.37. The first kappa shape index (κ1) is 20.8. The molecule has 1 saturated heterocycles. The summed E-state index contributed by atoms with van der Waals surface area (Å²) in [6, 6.07) is 8.82. The minimum Gasteiger partial charge on any atom is -0.483 e. The fraction of sp³-hybridized carbons (Fsp3) is 0.333. The number of carbonyl (C=O) groups excluding carboxylic acids is 1. The zero-order valence-electron chi connectivity index (χ0n) is 16.7. The molecule has 2 aromatic carbocycles. The van der Waals surface area contributed by atoms with Crippen molar-refractivity contribution in [2.75, 3.05) is 45.2 Å². The standard InChI is InChI=1S/C21H22ClFN4O2S/c1-24-21(28)19-15(27-9-7-26(2)8-10-27)4-5-16(20(19)23)29-12-18-25-14-11-13(22)3-6-17(14)30-18/h3-6,11H,7-10,12H2,1-2H3,(H,24,28). The quantitative estimate of drug-likeness (QED) is 0.643. The summed E-state index contributed by atoms with van der Waals surface area (Å²) in [5, 5.41) is 3.86. The van der Waals surface area contributed by atoms with Crippen LogP contribution in [-0.4, -0.2) is 56.1 Å². The van der Waals surface area contributed by atoms with E-state index in [1.54, 1.807) is 24.3 Å². The van der Waals surface area contributed by atoms with Crippen LogP contribution in [0.25, 0.3) is 10.2 Å². The molecule has 1 N–H and O–H groups in total. The molecule has 158 valence electrons. The lowest BCUT2D eigenvalue weighted by Gasteiger charge is -2.35. The Balaban J connectivity index is 1.59. The van der Waals surface area contributed by atoms with E-state index in [4.69, 9.17) is 16.3 Å². The van der Waals surface area contributed by atoms with E-state index in [0.29, 0.717) is 15.7 Å². The number of benzene rings is 2. The molecule has 2 heterocycles. The van der Waals surface area contributed by atoms with Crippen LogP contribution in [0.4, 0.5) is 10.1 Å². The fourth-order valence-electron chi connectivity index (χ4n) is 3.46. The lowest BCUT2D eigenvalue weighted by atomic mass is 10.1. The predicted octanol–water partition coefficient (Wildman–Crippen LogP) is 3.78. The highest BCUT2D eigenvalue weighted by molar-refractivity contribution is 7.18. The maximum absolute atomic E-state index is 15.3. The van der Waals surface area contributed by atoms with E-state index >= 15 is 4.39 Å². The molecular formula is C21H22ClFN4O2S. The second-order valence-corrected chi connectivity index (χ2v) is 8.70. The van der Waals surface area contributed by atoms with Crippen molar-refractivity contribution in [1.29, 1.82) is 0 Å². The monoisotopic (exact) mass is 448 g/mol. The highest BCUT2D eigenvalue weighted by atomic mass is 35.5. The molecule has 0 aliphatic carbocycles. The number of aromatic nitrogens is 1. The summed E-state index contributed by atoms with van der Waals surface area (Å²) in [6.07, 6.45) is 0. The van der Waals surface area contributed by atoms with E-state index in [9.17, 15) is 4.79 Å². The number of amides is 1. The SMILES string of the molecule is CNC(=O)c1c(N2CCN(C)CC2)ccc(OCc2nc3cc(Cl)ccc3s2)c1F. The summed E-state index contributed by atoms with van der Waals surface area (Å²) in [5.41, 5.74) is 1.38. The molecule has 30 heavy (non-hydrogen) atoms. The van der Waals surface area contributed by atoms with Gasteiger partial charge in [0.25, 0.3) is 5.91 Å². The summed E-state index contributed by atoms with van der Waals surface area (Å²) >= 11 is 7.47. The maximum atomic E-state index is 15.3. The van der Waals surface area contributed by atoms with Crippen LogP contribution in [-0.2, 0) is 6.61 Å². The molecule has 1 aromatic heterocycles. The molecule has 0 spiro atoms. The summed E-state index contributed by atoms with van der Waals surface area (Å²) in [6.45, 7) is 3.28. The molecule has 4 rings (SSSR count). The van der Waals surface area contributed by atoms with Crippen LogP contribution in [0, 0.1) is 5.82 Å². The van der Waals surface area contributed by atoms with Crippen LogP contribution in [0.5, 0.6) is 5.75 Å². The van der Waals surface area contributed by atoms with Crippen LogP contribution in [0.1, 0.15) is 15.4 Å². The summed E-state index contributed by atoms with van der Waals surface area (Å²) in [5.74, 6) is -1.10. The van der Waals surface area contributed by atoms with E-state index < -0.39 is 11.7 Å². The van der Waals surface area contributed by atoms with Gasteiger partial charge in [0.1, 0.15) is 17.2 Å². The van der Waals surface area contributed by atoms with Crippen LogP contribution in [0.15, 0.2) is 30.3 Å². The molecule has 0 saturated carbocycles. The number of halogens is 2. The van der Waals surface area contributed by atoms with E-state index in [-0.39, 0.29) is 17.9 Å². The normalized spacial score (nSPS) is 14.9. The van der Waals surface area contributed by atoms with Crippen molar-refractivity contribution in [1.82, 2.24) is 15.2 Å². The van der Waals surface area contributed by atoms with Crippen molar-refractivity contribution in [3.63, 3.8) is 0 Å². The molecule has 1 aliphatic rings. The molecule has 0 unspecified atom stereocenters. The van der Waals surface area contributed by atoms with E-state index in [1.807, 2.05) is 18.0 Å². The van der Waals surface area contributed by atoms with Gasteiger partial charge in [-0.1, -0.05) is 11.6 Å². The molecule has 3 aromatic rings. The highest BCUT2D eigenvalue weighted by Crippen LogP contribution is 2.32. The maximum Gasteiger partial charge on any atom is 0.256 e. The van der Waals surface area contributed by atoms with E-state index in [0.717, 1.165) is 36.4 Å². The van der Waals surface area contributed by atoms with Crippen molar-refractivity contribution in [3.05, 3.63) is 51.7 Å². The zero-order valence-corrected chi connectivity index (χ0v) is 18.3. The Labute approximate surface area is 183 Å². The van der Waals surface area contributed by atoms with E-state index in [1.165, 1.54) is 18.4 Å². The Morgan fingerprint density at radius 1 is 1.27 bits per heavy atom. The summed E-state index contributed by atoms with van der Waals surface area (Å²) in [7, 11) is 3.54. The molecule has 0 atom stereocenters. The second-order valence-electron chi connectivity index (χ2n) is 7.15. The van der Waals surface area contributed by atoms with Gasteiger partial charge in [0, 0.05) is 38.2 Å². The van der Waals surface area contributed by atoms with Gasteiger partial charge in [0.15, 0.2) is 11.6 Å². The third-order valence-electron chi connectivity index (χ3n) is 5.13. The Hall–Kier alpha value is -2.42. The first-order valence-corrected chi connectivity index (χ1v) is 10.8. The van der Waals surface area contributed by atoms with Gasteiger partial charge in [-0.2, -0.15) is 0 Å². The van der Waals surface area contributed by atoms with Gasteiger partial charge in [0.05, 0.1) is 15.9 Å². The number of hydrogen-bond acceptors (Lipinski definition) is 6. The number of rotatable bonds is 5. The first-order valence-electron chi connectivity index (χ1n) is 9.62. The second kappa shape index (κ2) is 8.75. The number of anilines is 1. The number of thiazole rings is 1. The number of likely N-dealkylation sites (N-methyl/N-ethyl adjacent to an activating group) is 1. The highest BCUT2D eigenvalue weighted by Gasteiger charge is 2.25. The number of hydrogen-bond donors (Lipinski definition) is 1. The van der Waals surface area contributed by atoms with Crippen LogP contribution < -0.4 is 15.0 Å². The van der Waals surface area contributed by atoms with Gasteiger partial charge < -0.3 is 19.9 Å². The van der Waals surface area contributed by atoms with Crippen molar-refractivity contribution < 1.29 is 13.9 Å². The van der Waals surface area contributed by atoms with Crippen molar-refractivity contribution in [3.8, 4) is 5.75 Å². The molecule has 1 fully saturated rings. The predicted molar refractivity (Wildman–Crippen MR) is 118 cm³/mol. The Bertz CT molecular complexity index is 1080. The largest absolute Gasteiger partial charge is 0.483 e. The Morgan fingerprint density at radius 3 is 2.77 bits per heavy atom. The van der Waals surface area contributed by atoms with Crippen LogP contribution >= 0.6 is 22.9 Å². The smallest absolute Gasteiger partial charge is 0.256 e. The average Bonchev–Trinajstić information content (AvgIpc) is 3.14. The summed E-state index contributed by atoms with van der Waals surface area (Å²) in [4.78, 5) is 21.2. The van der Waals surface area contributed by atoms with Gasteiger partial charge in [0.2, 0.25) is 0 Å². The lowest BCUT2D eigenvalue weighted by Crippen LogP contribution is -2.45. The van der Waals surface area contributed by atoms with Crippen molar-refractivity contribution >= 4 is 44.7 Å². The minimum absolute atomic E-state index is 0.00985. The first-order chi connectivity index (χ1) is 14.5. The molecule has 1 aliphatic heterocycles. The number of fused-ring (bicyclic) bond motifs is 1. The number of nitrogens with zero attached hydrogens (tertiary/aromatic N) is 3. The molecule has 6 nitrogen and oxygen atoms in total. The van der Waals surface area contributed by atoms with Crippen LogP contribution in [0.2, 0.25) is 5.02 Å². The van der Waals surface area contributed by atoms with E-state index in [2.05, 4.69) is 15.2 Å². The fourth-order valence-corrected chi connectivity index (χ4v) is 4.49. The average molecular weight is 449 g/mol. The van der Waals surface area contributed by atoms with Gasteiger partial charge in [-0.25, -0.2) is 9.37 Å². The van der Waals surface area contributed by atoms with Gasteiger partial charge in [-0.15, -0.1) is 11.3 Å². The lowest BCUT2D eigenvalue weighted by molar-refractivity contribution is 0.0958. The number of carbonyl (C=O) groups is 1. The molecular weight excluding hydrogens is 427 g/mol. The molecule has 0 bridgehead atoms. The van der Waals surface area contributed by atoms with Gasteiger partial charge in [-0.3, -0.25) is 4.79 Å². The molecule has 0 radical (unpaired) electrons.